The second-order valence-corrected chi connectivity index (χ2v) is 8.55. The van der Waals surface area contributed by atoms with Crippen molar-refractivity contribution in [1.82, 2.24) is 5.32 Å². The summed E-state index contributed by atoms with van der Waals surface area (Å²) in [5.74, 6) is 0. The zero-order chi connectivity index (χ0) is 13.1. The minimum atomic E-state index is -0.850. The van der Waals surface area contributed by atoms with Crippen LogP contribution in [0, 0.1) is 5.41 Å². The Balaban J connectivity index is 2.09. The van der Waals surface area contributed by atoms with Crippen LogP contribution < -0.4 is 5.32 Å². The van der Waals surface area contributed by atoms with E-state index in [0.717, 1.165) is 35.4 Å². The average molecular weight is 374 g/mol. The molecule has 98 valence electrons. The predicted molar refractivity (Wildman–Crippen MR) is 74.5 cm³/mol. The number of hydrogen-bond acceptors (Lipinski definition) is 3. The first kappa shape index (κ1) is 14.4. The van der Waals surface area contributed by atoms with Crippen molar-refractivity contribution < 1.29 is 9.47 Å². The SMILES string of the molecule is CC1(C2=CC=CC=CN2)CCO[C](Cl)([SnH])OCC1. The van der Waals surface area contributed by atoms with Crippen LogP contribution >= 0.6 is 11.6 Å². The van der Waals surface area contributed by atoms with Gasteiger partial charge in [-0.3, -0.25) is 0 Å². The van der Waals surface area contributed by atoms with Crippen LogP contribution in [0.25, 0.3) is 0 Å². The summed E-state index contributed by atoms with van der Waals surface area (Å²) in [5.41, 5.74) is 1.24. The molecule has 0 saturated carbocycles. The molecule has 2 aliphatic heterocycles. The Morgan fingerprint density at radius 1 is 1.22 bits per heavy atom. The van der Waals surface area contributed by atoms with Gasteiger partial charge in [-0.05, 0) is 0 Å². The van der Waals surface area contributed by atoms with Gasteiger partial charge in [0.2, 0.25) is 0 Å². The van der Waals surface area contributed by atoms with E-state index in [-0.39, 0.29) is 5.41 Å². The molecule has 5 heteroatoms. The molecule has 0 aromatic rings. The van der Waals surface area contributed by atoms with Crippen LogP contribution in [0.2, 0.25) is 0 Å². The summed E-state index contributed by atoms with van der Waals surface area (Å²) in [7, 11) is 0. The summed E-state index contributed by atoms with van der Waals surface area (Å²) in [4.78, 5) is 0. The van der Waals surface area contributed by atoms with Gasteiger partial charge in [-0.15, -0.1) is 0 Å². The van der Waals surface area contributed by atoms with Crippen molar-refractivity contribution in [2.24, 2.45) is 5.41 Å². The summed E-state index contributed by atoms with van der Waals surface area (Å²) >= 11 is 6.85. The monoisotopic (exact) mass is 375 g/mol. The van der Waals surface area contributed by atoms with Gasteiger partial charge in [0.05, 0.1) is 0 Å². The Morgan fingerprint density at radius 3 is 2.56 bits per heavy atom. The summed E-state index contributed by atoms with van der Waals surface area (Å²) in [6.45, 7) is 3.47. The second kappa shape index (κ2) is 5.99. The molecule has 0 amide bonds. The molecule has 0 spiro atoms. The summed E-state index contributed by atoms with van der Waals surface area (Å²) in [5, 5.41) is 3.34. The van der Waals surface area contributed by atoms with Crippen LogP contribution in [-0.2, 0) is 9.47 Å². The molecule has 0 bridgehead atoms. The van der Waals surface area contributed by atoms with Gasteiger partial charge in [0, 0.05) is 0 Å². The summed E-state index contributed by atoms with van der Waals surface area (Å²) in [6, 6.07) is 0. The maximum absolute atomic E-state index is 6.11. The predicted octanol–water partition coefficient (Wildman–Crippen LogP) is 2.13. The van der Waals surface area contributed by atoms with Crippen molar-refractivity contribution in [3.63, 3.8) is 0 Å². The van der Waals surface area contributed by atoms with E-state index < -0.39 is 3.26 Å². The molecule has 2 radical (unpaired) electrons. The van der Waals surface area contributed by atoms with Gasteiger partial charge in [-0.1, -0.05) is 0 Å². The molecule has 2 rings (SSSR count). The van der Waals surface area contributed by atoms with E-state index in [2.05, 4.69) is 24.4 Å². The molecule has 3 nitrogen and oxygen atoms in total. The van der Waals surface area contributed by atoms with Gasteiger partial charge >= 0.3 is 127 Å². The first-order valence-electron chi connectivity index (χ1n) is 6.08. The summed E-state index contributed by atoms with van der Waals surface area (Å²) < 4.78 is 10.3. The van der Waals surface area contributed by atoms with Crippen LogP contribution in [0.4, 0.5) is 0 Å². The quantitative estimate of drug-likeness (QED) is 0.563. The Morgan fingerprint density at radius 2 is 1.89 bits per heavy atom. The van der Waals surface area contributed by atoms with Crippen molar-refractivity contribution in [3.05, 3.63) is 36.2 Å². The molecule has 0 atom stereocenters. The van der Waals surface area contributed by atoms with Crippen molar-refractivity contribution in [1.29, 1.82) is 0 Å². The fourth-order valence-electron chi connectivity index (χ4n) is 2.10. The van der Waals surface area contributed by atoms with Crippen molar-refractivity contribution in [3.8, 4) is 0 Å². The Bertz CT molecular complexity index is 378. The van der Waals surface area contributed by atoms with E-state index in [1.165, 1.54) is 5.70 Å². The van der Waals surface area contributed by atoms with E-state index in [9.17, 15) is 0 Å². The van der Waals surface area contributed by atoms with Gasteiger partial charge in [0.1, 0.15) is 0 Å². The average Bonchev–Trinajstić information content (AvgIpc) is 2.55. The minimum absolute atomic E-state index is 0.0347. The van der Waals surface area contributed by atoms with Crippen LogP contribution in [0.1, 0.15) is 19.8 Å². The van der Waals surface area contributed by atoms with Crippen molar-refractivity contribution >= 4 is 34.1 Å². The van der Waals surface area contributed by atoms with E-state index in [1.54, 1.807) is 0 Å². The molecule has 0 aliphatic carbocycles. The first-order chi connectivity index (χ1) is 8.52. The van der Waals surface area contributed by atoms with E-state index in [0.29, 0.717) is 13.2 Å². The molecule has 0 aromatic carbocycles. The number of allylic oxidation sites excluding steroid dienone is 5. The third-order valence-corrected chi connectivity index (χ3v) is 4.55. The fraction of sp³-hybridized carbons (Fsp3) is 0.538. The molecule has 2 heterocycles. The normalized spacial score (nSPS) is 37.2. The number of ether oxygens (including phenoxy) is 2. The maximum atomic E-state index is 6.11. The standard InChI is InChI=1S/C13H17ClNO2.Sn.H/c1-13(11-5-3-2-4-8-15-11)6-9-16-12(14)17-10-7-13;;/h2-5,8,15H,6-7,9-10H2,1H3;;. The molecule has 1 fully saturated rings. The first-order valence-corrected chi connectivity index (χ1v) is 8.11. The van der Waals surface area contributed by atoms with Gasteiger partial charge < -0.3 is 0 Å². The summed E-state index contributed by atoms with van der Waals surface area (Å²) in [6.07, 6.45) is 12.0. The molecule has 18 heavy (non-hydrogen) atoms. The Hall–Kier alpha value is 0.0287. The zero-order valence-electron chi connectivity index (χ0n) is 10.5. The molecule has 1 N–H and O–H groups in total. The number of hydrogen-bond donors (Lipinski definition) is 1. The van der Waals surface area contributed by atoms with E-state index >= 15 is 0 Å². The Labute approximate surface area is 126 Å². The van der Waals surface area contributed by atoms with Crippen LogP contribution in [0.3, 0.4) is 0 Å². The molecule has 1 saturated heterocycles. The third kappa shape index (κ3) is 3.76. The third-order valence-electron chi connectivity index (χ3n) is 3.38. The zero-order valence-corrected chi connectivity index (χ0v) is 14.5. The van der Waals surface area contributed by atoms with Gasteiger partial charge in [-0.2, -0.15) is 0 Å². The molecule has 2 aliphatic rings. The topological polar surface area (TPSA) is 30.5 Å². The van der Waals surface area contributed by atoms with Crippen molar-refractivity contribution in [2.45, 2.75) is 23.0 Å². The second-order valence-electron chi connectivity index (χ2n) is 4.81. The number of nitrogens with one attached hydrogen (secondary N) is 1. The molecular formula is C13H18ClNO2Sn. The fourth-order valence-corrected chi connectivity index (χ4v) is 2.93. The van der Waals surface area contributed by atoms with E-state index in [1.807, 2.05) is 18.4 Å². The van der Waals surface area contributed by atoms with Crippen molar-refractivity contribution in [2.75, 3.05) is 13.2 Å². The number of halogens is 1. The van der Waals surface area contributed by atoms with Gasteiger partial charge in [-0.25, -0.2) is 0 Å². The van der Waals surface area contributed by atoms with Crippen LogP contribution in [0.15, 0.2) is 36.2 Å². The van der Waals surface area contributed by atoms with Gasteiger partial charge in [0.25, 0.3) is 0 Å². The van der Waals surface area contributed by atoms with Gasteiger partial charge in [0.15, 0.2) is 0 Å². The molecular weight excluding hydrogens is 356 g/mol. The van der Waals surface area contributed by atoms with E-state index in [4.69, 9.17) is 21.1 Å². The number of alkyl halides is 1. The van der Waals surface area contributed by atoms with Crippen LogP contribution in [0.5, 0.6) is 0 Å². The van der Waals surface area contributed by atoms with Crippen LogP contribution in [-0.4, -0.2) is 39.0 Å². The molecule has 0 aromatic heterocycles. The Kier molecular flexibility index (Phi) is 4.80. The number of rotatable bonds is 1. The molecule has 0 unspecified atom stereocenters.